The van der Waals surface area contributed by atoms with E-state index in [1.54, 1.807) is 0 Å². The molecule has 156 valence electrons. The first-order chi connectivity index (χ1) is 15.2. The maximum absolute atomic E-state index is 12.6. The van der Waals surface area contributed by atoms with Gasteiger partial charge in [-0.15, -0.1) is 0 Å². The van der Waals surface area contributed by atoms with Gasteiger partial charge in [0.15, 0.2) is 0 Å². The van der Waals surface area contributed by atoms with Crippen molar-refractivity contribution < 1.29 is 9.13 Å². The number of rotatable bonds is 8. The second-order valence-corrected chi connectivity index (χ2v) is 11.1. The van der Waals surface area contributed by atoms with Gasteiger partial charge in [0.2, 0.25) is 0 Å². The summed E-state index contributed by atoms with van der Waals surface area (Å²) < 4.78 is 18.1. The molecule has 0 N–H and O–H groups in total. The number of halogens is 1. The molecule has 0 aliphatic rings. The second-order valence-electron chi connectivity index (χ2n) is 7.60. The van der Waals surface area contributed by atoms with Crippen molar-refractivity contribution in [2.45, 2.75) is 13.1 Å². The lowest BCUT2D eigenvalue weighted by atomic mass is 10.1. The van der Waals surface area contributed by atoms with Crippen LogP contribution in [0.4, 0.5) is 4.39 Å². The third-order valence-electron chi connectivity index (χ3n) is 5.69. The minimum absolute atomic E-state index is 0.0835. The van der Waals surface area contributed by atoms with Gasteiger partial charge in [-0.05, 0) is 66.6 Å². The Bertz CT molecular complexity index is 1060. The standard InChI is InChI=1S/C28H27FOP/c1-23-10-8-9-11-24(23)22-31(26-12-4-2-5-13-26,27-14-6-3-7-15-27)28-18-16-25(17-19-28)30-21-20-29/h2-19H,20-22H2,1H3/q+1. The minimum Gasteiger partial charge on any atom is -0.491 e. The summed E-state index contributed by atoms with van der Waals surface area (Å²) >= 11 is 0. The number of aryl methyl sites for hydroxylation is 1. The zero-order valence-corrected chi connectivity index (χ0v) is 18.6. The summed E-state index contributed by atoms with van der Waals surface area (Å²) in [6, 6.07) is 38.6. The fourth-order valence-corrected chi connectivity index (χ4v) is 8.41. The first-order valence-corrected chi connectivity index (χ1v) is 12.5. The van der Waals surface area contributed by atoms with E-state index in [-0.39, 0.29) is 6.61 Å². The fourth-order valence-electron chi connectivity index (χ4n) is 4.08. The Balaban J connectivity index is 1.93. The van der Waals surface area contributed by atoms with Gasteiger partial charge in [0.25, 0.3) is 0 Å². The first-order valence-electron chi connectivity index (χ1n) is 10.6. The zero-order valence-electron chi connectivity index (χ0n) is 17.7. The number of hydrogen-bond acceptors (Lipinski definition) is 1. The summed E-state index contributed by atoms with van der Waals surface area (Å²) in [5.74, 6) is 0.705. The first kappa shape index (κ1) is 21.3. The van der Waals surface area contributed by atoms with Crippen molar-refractivity contribution in [3.8, 4) is 5.75 Å². The molecule has 0 aliphatic carbocycles. The maximum atomic E-state index is 12.6. The van der Waals surface area contributed by atoms with Gasteiger partial charge in [-0.1, -0.05) is 60.7 Å². The van der Waals surface area contributed by atoms with Crippen LogP contribution in [0, 0.1) is 6.92 Å². The minimum atomic E-state index is -1.98. The van der Waals surface area contributed by atoms with Crippen LogP contribution in [0.15, 0.2) is 109 Å². The van der Waals surface area contributed by atoms with E-state index in [0.717, 1.165) is 6.16 Å². The third-order valence-corrected chi connectivity index (χ3v) is 10.0. The topological polar surface area (TPSA) is 9.23 Å². The van der Waals surface area contributed by atoms with Crippen LogP contribution < -0.4 is 20.7 Å². The summed E-state index contributed by atoms with van der Waals surface area (Å²) in [5.41, 5.74) is 2.67. The molecule has 0 atom stereocenters. The monoisotopic (exact) mass is 429 g/mol. The summed E-state index contributed by atoms with van der Waals surface area (Å²) in [5, 5.41) is 3.99. The molecule has 0 aliphatic heterocycles. The van der Waals surface area contributed by atoms with Crippen LogP contribution in [0.25, 0.3) is 0 Å². The molecule has 0 amide bonds. The lowest BCUT2D eigenvalue weighted by Crippen LogP contribution is -2.32. The van der Waals surface area contributed by atoms with Crippen molar-refractivity contribution in [2.75, 3.05) is 13.3 Å². The van der Waals surface area contributed by atoms with Crippen LogP contribution in [0.2, 0.25) is 0 Å². The molecule has 0 radical (unpaired) electrons. The van der Waals surface area contributed by atoms with Crippen LogP contribution in [-0.4, -0.2) is 13.3 Å². The predicted molar refractivity (Wildman–Crippen MR) is 132 cm³/mol. The summed E-state index contributed by atoms with van der Waals surface area (Å²) in [6.45, 7) is 1.79. The Hall–Kier alpha value is -2.96. The van der Waals surface area contributed by atoms with Crippen LogP contribution >= 0.6 is 7.26 Å². The quantitative estimate of drug-likeness (QED) is 0.320. The average molecular weight is 429 g/mol. The molecule has 0 bridgehead atoms. The van der Waals surface area contributed by atoms with Gasteiger partial charge in [0, 0.05) is 0 Å². The third kappa shape index (κ3) is 4.55. The van der Waals surface area contributed by atoms with Gasteiger partial charge in [0.1, 0.15) is 42.2 Å². The molecule has 0 saturated heterocycles. The largest absolute Gasteiger partial charge is 0.491 e. The van der Waals surface area contributed by atoms with E-state index in [1.807, 2.05) is 12.1 Å². The Morgan fingerprint density at radius 1 is 0.645 bits per heavy atom. The van der Waals surface area contributed by atoms with Crippen molar-refractivity contribution in [1.82, 2.24) is 0 Å². The molecule has 3 heteroatoms. The molecule has 1 nitrogen and oxygen atoms in total. The summed E-state index contributed by atoms with van der Waals surface area (Å²) in [7, 11) is -1.98. The average Bonchev–Trinajstić information content (AvgIpc) is 2.84. The van der Waals surface area contributed by atoms with E-state index in [4.69, 9.17) is 4.74 Å². The van der Waals surface area contributed by atoms with Gasteiger partial charge in [-0.3, -0.25) is 0 Å². The van der Waals surface area contributed by atoms with E-state index in [0.29, 0.717) is 5.75 Å². The van der Waals surface area contributed by atoms with Crippen molar-refractivity contribution >= 4 is 23.2 Å². The van der Waals surface area contributed by atoms with Crippen molar-refractivity contribution in [2.24, 2.45) is 0 Å². The van der Waals surface area contributed by atoms with Crippen LogP contribution in [0.1, 0.15) is 11.1 Å². The normalized spacial score (nSPS) is 11.3. The lowest BCUT2D eigenvalue weighted by molar-refractivity contribution is 0.273. The molecular formula is C28H27FOP+. The number of alkyl halides is 1. The Kier molecular flexibility index (Phi) is 6.79. The van der Waals surface area contributed by atoms with Crippen LogP contribution in [0.3, 0.4) is 0 Å². The highest BCUT2D eigenvalue weighted by Gasteiger charge is 2.45. The molecular weight excluding hydrogens is 402 g/mol. The Labute approximate surface area is 184 Å². The van der Waals surface area contributed by atoms with Gasteiger partial charge in [0.05, 0.1) is 6.16 Å². The maximum Gasteiger partial charge on any atom is 0.123 e. The van der Waals surface area contributed by atoms with E-state index < -0.39 is 13.9 Å². The van der Waals surface area contributed by atoms with Crippen LogP contribution in [-0.2, 0) is 6.16 Å². The number of hydrogen-bond donors (Lipinski definition) is 0. The van der Waals surface area contributed by atoms with E-state index in [2.05, 4.69) is 104 Å². The van der Waals surface area contributed by atoms with E-state index in [9.17, 15) is 4.39 Å². The molecule has 0 spiro atoms. The summed E-state index contributed by atoms with van der Waals surface area (Å²) in [4.78, 5) is 0. The summed E-state index contributed by atoms with van der Waals surface area (Å²) in [6.07, 6.45) is 0.943. The molecule has 4 aromatic carbocycles. The smallest absolute Gasteiger partial charge is 0.123 e. The van der Waals surface area contributed by atoms with Crippen molar-refractivity contribution in [3.63, 3.8) is 0 Å². The second kappa shape index (κ2) is 9.90. The number of benzene rings is 4. The fraction of sp³-hybridized carbons (Fsp3) is 0.143. The molecule has 0 fully saturated rings. The Morgan fingerprint density at radius 2 is 1.16 bits per heavy atom. The number of ether oxygens (including phenoxy) is 1. The molecule has 0 saturated carbocycles. The predicted octanol–water partition coefficient (Wildman–Crippen LogP) is 5.84. The van der Waals surface area contributed by atoms with E-state index in [1.165, 1.54) is 27.0 Å². The van der Waals surface area contributed by atoms with Gasteiger partial charge in [-0.2, -0.15) is 0 Å². The van der Waals surface area contributed by atoms with Gasteiger partial charge < -0.3 is 4.74 Å². The highest BCUT2D eigenvalue weighted by atomic mass is 31.2. The Morgan fingerprint density at radius 3 is 1.71 bits per heavy atom. The lowest BCUT2D eigenvalue weighted by Gasteiger charge is -2.28. The SMILES string of the molecule is Cc1ccccc1C[P+](c1ccccc1)(c1ccccc1)c1ccc(OCCF)cc1. The van der Waals surface area contributed by atoms with Crippen LogP contribution in [0.5, 0.6) is 5.75 Å². The molecule has 4 rings (SSSR count). The highest BCUT2D eigenvalue weighted by molar-refractivity contribution is 7.95. The molecule has 4 aromatic rings. The molecule has 0 aromatic heterocycles. The van der Waals surface area contributed by atoms with Crippen molar-refractivity contribution in [1.29, 1.82) is 0 Å². The zero-order chi connectivity index (χ0) is 21.5. The molecule has 0 unspecified atom stereocenters. The highest BCUT2D eigenvalue weighted by Crippen LogP contribution is 2.58. The van der Waals surface area contributed by atoms with E-state index >= 15 is 0 Å². The van der Waals surface area contributed by atoms with Gasteiger partial charge in [-0.25, -0.2) is 4.39 Å². The molecule has 31 heavy (non-hydrogen) atoms. The van der Waals surface area contributed by atoms with Crippen molar-refractivity contribution in [3.05, 3.63) is 120 Å². The molecule has 0 heterocycles. The van der Waals surface area contributed by atoms with Gasteiger partial charge >= 0.3 is 0 Å².